The maximum atomic E-state index is 5.86. The molecule has 1 atom stereocenters. The van der Waals surface area contributed by atoms with E-state index < -0.39 is 0 Å². The van der Waals surface area contributed by atoms with Crippen molar-refractivity contribution in [1.29, 1.82) is 0 Å². The Bertz CT molecular complexity index is 772. The molecule has 1 aliphatic heterocycles. The molecule has 5 heteroatoms. The molecule has 1 unspecified atom stereocenters. The van der Waals surface area contributed by atoms with E-state index in [9.17, 15) is 0 Å². The molecular formula is C16H13N3O2. The zero-order chi connectivity index (χ0) is 14.2. The molecule has 0 spiro atoms. The fourth-order valence-corrected chi connectivity index (χ4v) is 2.48. The normalized spacial score (nSPS) is 16.5. The van der Waals surface area contributed by atoms with Gasteiger partial charge in [-0.15, -0.1) is 0 Å². The Kier molecular flexibility index (Phi) is 2.64. The summed E-state index contributed by atoms with van der Waals surface area (Å²) in [6.07, 6.45) is 0.562. The maximum Gasteiger partial charge on any atom is 0.258 e. The van der Waals surface area contributed by atoms with Crippen LogP contribution in [0.5, 0.6) is 5.75 Å². The molecule has 0 bridgehead atoms. The van der Waals surface area contributed by atoms with E-state index in [1.54, 1.807) is 0 Å². The maximum absolute atomic E-state index is 5.86. The lowest BCUT2D eigenvalue weighted by atomic mass is 10.1. The molecule has 0 aliphatic carbocycles. The quantitative estimate of drug-likeness (QED) is 0.730. The molecule has 0 radical (unpaired) electrons. The van der Waals surface area contributed by atoms with E-state index in [1.165, 1.54) is 0 Å². The standard InChI is InChI=1S/C16H13N3O2/c17-12-6-3-5-11(8-12)16-18-15(19-21-16)14-9-10-4-1-2-7-13(10)20-14/h1-8,14H,9,17H2. The van der Waals surface area contributed by atoms with Gasteiger partial charge >= 0.3 is 0 Å². The summed E-state index contributed by atoms with van der Waals surface area (Å²) in [5.74, 6) is 1.90. The Morgan fingerprint density at radius 2 is 2.00 bits per heavy atom. The van der Waals surface area contributed by atoms with Gasteiger partial charge in [-0.1, -0.05) is 29.4 Å². The predicted octanol–water partition coefficient (Wildman–Crippen LogP) is 3.00. The van der Waals surface area contributed by atoms with Crippen molar-refractivity contribution in [2.24, 2.45) is 0 Å². The first-order valence-electron chi connectivity index (χ1n) is 6.74. The van der Waals surface area contributed by atoms with Crippen LogP contribution in [0, 0.1) is 0 Å². The van der Waals surface area contributed by atoms with Crippen LogP contribution in [0.15, 0.2) is 53.1 Å². The van der Waals surface area contributed by atoms with E-state index in [4.69, 9.17) is 15.0 Å². The smallest absolute Gasteiger partial charge is 0.258 e. The molecule has 104 valence electrons. The fourth-order valence-electron chi connectivity index (χ4n) is 2.48. The fraction of sp³-hybridized carbons (Fsp3) is 0.125. The molecule has 1 aliphatic rings. The molecule has 2 aromatic carbocycles. The van der Waals surface area contributed by atoms with Crippen molar-refractivity contribution in [3.63, 3.8) is 0 Å². The molecule has 5 nitrogen and oxygen atoms in total. The minimum absolute atomic E-state index is 0.194. The van der Waals surface area contributed by atoms with Crippen molar-refractivity contribution >= 4 is 5.69 Å². The van der Waals surface area contributed by atoms with E-state index in [2.05, 4.69) is 10.1 Å². The predicted molar refractivity (Wildman–Crippen MR) is 77.7 cm³/mol. The number of rotatable bonds is 2. The Morgan fingerprint density at radius 1 is 1.10 bits per heavy atom. The average molecular weight is 279 g/mol. The van der Waals surface area contributed by atoms with Gasteiger partial charge in [0.15, 0.2) is 6.10 Å². The van der Waals surface area contributed by atoms with Crippen LogP contribution < -0.4 is 10.5 Å². The van der Waals surface area contributed by atoms with Crippen molar-refractivity contribution in [1.82, 2.24) is 10.1 Å². The van der Waals surface area contributed by atoms with Crippen LogP contribution in [-0.4, -0.2) is 10.1 Å². The molecule has 1 aromatic heterocycles. The molecule has 21 heavy (non-hydrogen) atoms. The number of hydrogen-bond acceptors (Lipinski definition) is 5. The molecule has 4 rings (SSSR count). The largest absolute Gasteiger partial charge is 0.482 e. The van der Waals surface area contributed by atoms with Crippen LogP contribution in [0.2, 0.25) is 0 Å². The summed E-state index contributed by atoms with van der Waals surface area (Å²) in [6.45, 7) is 0. The Hall–Kier alpha value is -2.82. The first-order valence-corrected chi connectivity index (χ1v) is 6.74. The number of ether oxygens (including phenoxy) is 1. The minimum atomic E-state index is -0.194. The second kappa shape index (κ2) is 4.63. The van der Waals surface area contributed by atoms with Crippen LogP contribution in [0.25, 0.3) is 11.5 Å². The third-order valence-electron chi connectivity index (χ3n) is 3.51. The Balaban J connectivity index is 1.62. The first kappa shape index (κ1) is 12.0. The zero-order valence-electron chi connectivity index (χ0n) is 11.2. The highest BCUT2D eigenvalue weighted by molar-refractivity contribution is 5.59. The van der Waals surface area contributed by atoms with Gasteiger partial charge in [-0.05, 0) is 29.8 Å². The SMILES string of the molecule is Nc1cccc(-c2nc(C3Cc4ccccc4O3)no2)c1. The summed E-state index contributed by atoms with van der Waals surface area (Å²) < 4.78 is 11.2. The molecule has 2 N–H and O–H groups in total. The molecule has 0 amide bonds. The number of nitrogen functional groups attached to an aromatic ring is 1. The second-order valence-corrected chi connectivity index (χ2v) is 5.00. The van der Waals surface area contributed by atoms with Gasteiger partial charge in [-0.25, -0.2) is 0 Å². The summed E-state index contributed by atoms with van der Waals surface area (Å²) in [6, 6.07) is 15.3. The van der Waals surface area contributed by atoms with Crippen molar-refractivity contribution in [3.8, 4) is 17.2 Å². The zero-order valence-corrected chi connectivity index (χ0v) is 11.2. The Labute approximate surface area is 121 Å². The van der Waals surface area contributed by atoms with E-state index in [0.717, 1.165) is 23.3 Å². The van der Waals surface area contributed by atoms with Crippen molar-refractivity contribution < 1.29 is 9.26 Å². The van der Waals surface area contributed by atoms with Gasteiger partial charge in [0.1, 0.15) is 5.75 Å². The highest BCUT2D eigenvalue weighted by atomic mass is 16.5. The van der Waals surface area contributed by atoms with Crippen molar-refractivity contribution in [2.75, 3.05) is 5.73 Å². The number of nitrogens with two attached hydrogens (primary N) is 1. The molecule has 3 aromatic rings. The molecule has 0 saturated heterocycles. The van der Waals surface area contributed by atoms with Gasteiger partial charge in [-0.2, -0.15) is 4.98 Å². The topological polar surface area (TPSA) is 74.2 Å². The summed E-state index contributed by atoms with van der Waals surface area (Å²) in [5.41, 5.74) is 8.41. The van der Waals surface area contributed by atoms with Crippen LogP contribution in [0.1, 0.15) is 17.5 Å². The number of anilines is 1. The lowest BCUT2D eigenvalue weighted by molar-refractivity contribution is 0.221. The number of nitrogens with zero attached hydrogens (tertiary/aromatic N) is 2. The number of aromatic nitrogens is 2. The summed E-state index contributed by atoms with van der Waals surface area (Å²) in [5, 5.41) is 4.04. The van der Waals surface area contributed by atoms with E-state index in [0.29, 0.717) is 17.4 Å². The molecular weight excluding hydrogens is 266 g/mol. The molecule has 0 fully saturated rings. The van der Waals surface area contributed by atoms with Crippen LogP contribution >= 0.6 is 0 Å². The second-order valence-electron chi connectivity index (χ2n) is 5.00. The monoisotopic (exact) mass is 279 g/mol. The highest BCUT2D eigenvalue weighted by Crippen LogP contribution is 2.35. The van der Waals surface area contributed by atoms with Gasteiger partial charge < -0.3 is 15.0 Å². The number of hydrogen-bond donors (Lipinski definition) is 1. The molecule has 0 saturated carbocycles. The lowest BCUT2D eigenvalue weighted by Crippen LogP contribution is -2.05. The number of para-hydroxylation sites is 1. The first-order chi connectivity index (χ1) is 10.3. The minimum Gasteiger partial charge on any atom is -0.482 e. The van der Waals surface area contributed by atoms with Crippen molar-refractivity contribution in [2.45, 2.75) is 12.5 Å². The summed E-state index contributed by atoms with van der Waals surface area (Å²) >= 11 is 0. The summed E-state index contributed by atoms with van der Waals surface area (Å²) in [4.78, 5) is 4.43. The van der Waals surface area contributed by atoms with Gasteiger partial charge in [-0.3, -0.25) is 0 Å². The van der Waals surface area contributed by atoms with Gasteiger partial charge in [0.2, 0.25) is 5.82 Å². The summed E-state index contributed by atoms with van der Waals surface area (Å²) in [7, 11) is 0. The van der Waals surface area contributed by atoms with Crippen molar-refractivity contribution in [3.05, 3.63) is 59.9 Å². The number of benzene rings is 2. The average Bonchev–Trinajstić information content (AvgIpc) is 3.14. The Morgan fingerprint density at radius 3 is 2.86 bits per heavy atom. The number of fused-ring (bicyclic) bond motifs is 1. The van der Waals surface area contributed by atoms with Gasteiger partial charge in [0.05, 0.1) is 0 Å². The van der Waals surface area contributed by atoms with E-state index in [1.807, 2.05) is 48.5 Å². The lowest BCUT2D eigenvalue weighted by Gasteiger charge is -2.04. The third-order valence-corrected chi connectivity index (χ3v) is 3.51. The van der Waals surface area contributed by atoms with Crippen LogP contribution in [-0.2, 0) is 6.42 Å². The van der Waals surface area contributed by atoms with Crippen LogP contribution in [0.4, 0.5) is 5.69 Å². The highest BCUT2D eigenvalue weighted by Gasteiger charge is 2.28. The third kappa shape index (κ3) is 2.12. The van der Waals surface area contributed by atoms with Crippen LogP contribution in [0.3, 0.4) is 0 Å². The van der Waals surface area contributed by atoms with E-state index >= 15 is 0 Å². The van der Waals surface area contributed by atoms with Gasteiger partial charge in [0.25, 0.3) is 5.89 Å². The van der Waals surface area contributed by atoms with Gasteiger partial charge in [0, 0.05) is 17.7 Å². The van der Waals surface area contributed by atoms with E-state index in [-0.39, 0.29) is 6.10 Å². The molecule has 2 heterocycles.